The zero-order valence-corrected chi connectivity index (χ0v) is 18.8. The molecule has 0 aromatic heterocycles. The maximum atomic E-state index is 12.7. The van der Waals surface area contributed by atoms with E-state index >= 15 is 0 Å². The van der Waals surface area contributed by atoms with Gasteiger partial charge in [0.25, 0.3) is 11.6 Å². The first-order valence-corrected chi connectivity index (χ1v) is 10.3. The van der Waals surface area contributed by atoms with Gasteiger partial charge in [0.05, 0.1) is 10.5 Å². The van der Waals surface area contributed by atoms with Gasteiger partial charge in [0, 0.05) is 16.1 Å². The van der Waals surface area contributed by atoms with E-state index in [1.54, 1.807) is 61.5 Å². The van der Waals surface area contributed by atoms with Crippen molar-refractivity contribution in [2.75, 3.05) is 5.32 Å². The third-order valence-corrected chi connectivity index (χ3v) is 4.94. The van der Waals surface area contributed by atoms with E-state index in [0.29, 0.717) is 21.2 Å². The molecule has 1 amide bonds. The van der Waals surface area contributed by atoms with Crippen LogP contribution in [0.5, 0.6) is 5.75 Å². The lowest BCUT2D eigenvalue weighted by molar-refractivity contribution is -0.384. The molecule has 0 heterocycles. The maximum absolute atomic E-state index is 12.7. The van der Waals surface area contributed by atoms with Gasteiger partial charge >= 0.3 is 5.97 Å². The molecule has 0 saturated carbocycles. The van der Waals surface area contributed by atoms with Crippen molar-refractivity contribution < 1.29 is 19.2 Å². The highest BCUT2D eigenvalue weighted by Gasteiger charge is 2.19. The quantitative estimate of drug-likeness (QED) is 0.119. The molecular formula is C24H16BrN3O5. The van der Waals surface area contributed by atoms with Crippen LogP contribution in [0.25, 0.3) is 6.08 Å². The Bertz CT molecular complexity index is 1310. The summed E-state index contributed by atoms with van der Waals surface area (Å²) in [4.78, 5) is 35.8. The van der Waals surface area contributed by atoms with Crippen molar-refractivity contribution >= 4 is 45.3 Å². The van der Waals surface area contributed by atoms with Gasteiger partial charge in [0.15, 0.2) is 0 Å². The number of aryl methyl sites for hydroxylation is 1. The fourth-order valence-electron chi connectivity index (χ4n) is 2.85. The summed E-state index contributed by atoms with van der Waals surface area (Å²) in [5.74, 6) is -1.32. The summed E-state index contributed by atoms with van der Waals surface area (Å²) < 4.78 is 6.08. The number of halogens is 1. The Labute approximate surface area is 197 Å². The zero-order valence-electron chi connectivity index (χ0n) is 17.2. The summed E-state index contributed by atoms with van der Waals surface area (Å²) >= 11 is 3.31. The van der Waals surface area contributed by atoms with E-state index in [4.69, 9.17) is 4.74 Å². The highest BCUT2D eigenvalue weighted by molar-refractivity contribution is 9.10. The van der Waals surface area contributed by atoms with E-state index in [1.165, 1.54) is 24.3 Å². The molecule has 8 nitrogen and oxygen atoms in total. The van der Waals surface area contributed by atoms with E-state index in [2.05, 4.69) is 21.2 Å². The molecule has 0 spiro atoms. The minimum absolute atomic E-state index is 0.0401. The Hall–Kier alpha value is -4.29. The van der Waals surface area contributed by atoms with E-state index in [9.17, 15) is 25.0 Å². The lowest BCUT2D eigenvalue weighted by Crippen LogP contribution is -2.15. The first-order valence-electron chi connectivity index (χ1n) is 9.53. The lowest BCUT2D eigenvalue weighted by Gasteiger charge is -2.10. The number of carbonyl (C=O) groups is 2. The number of nitro groups is 1. The van der Waals surface area contributed by atoms with Crippen LogP contribution in [0.1, 0.15) is 21.5 Å². The summed E-state index contributed by atoms with van der Waals surface area (Å²) in [7, 11) is 0. The number of nitrogens with zero attached hydrogens (tertiary/aromatic N) is 2. The summed E-state index contributed by atoms with van der Waals surface area (Å²) in [5.41, 5.74) is 0.607. The van der Waals surface area contributed by atoms with Crippen LogP contribution < -0.4 is 10.1 Å². The van der Waals surface area contributed by atoms with Crippen LogP contribution in [-0.2, 0) is 4.79 Å². The largest absolute Gasteiger partial charge is 0.422 e. The lowest BCUT2D eigenvalue weighted by atomic mass is 10.1. The molecule has 0 radical (unpaired) electrons. The van der Waals surface area contributed by atoms with Crippen molar-refractivity contribution in [1.82, 2.24) is 0 Å². The van der Waals surface area contributed by atoms with Crippen molar-refractivity contribution in [3.63, 3.8) is 0 Å². The second-order valence-corrected chi connectivity index (χ2v) is 7.76. The molecule has 164 valence electrons. The van der Waals surface area contributed by atoms with Crippen molar-refractivity contribution in [2.24, 2.45) is 0 Å². The summed E-state index contributed by atoms with van der Waals surface area (Å²) in [5, 5.41) is 23.3. The van der Waals surface area contributed by atoms with Crippen molar-refractivity contribution in [1.29, 1.82) is 5.26 Å². The van der Waals surface area contributed by atoms with Crippen molar-refractivity contribution in [3.05, 3.63) is 104 Å². The third-order valence-electron chi connectivity index (χ3n) is 4.45. The fraction of sp³-hybridized carbons (Fsp3) is 0.0417. The molecule has 3 aromatic rings. The Morgan fingerprint density at radius 1 is 1.12 bits per heavy atom. The SMILES string of the molecule is Cc1ccc(NC(=O)/C(C#N)=C/c2cc(Br)ccc2OC(=O)c2ccccc2)c([N+](=O)[O-])c1. The molecule has 0 aliphatic rings. The molecule has 0 fully saturated rings. The smallest absolute Gasteiger partial charge is 0.343 e. The number of nitriles is 1. The number of hydrogen-bond donors (Lipinski definition) is 1. The van der Waals surface area contributed by atoms with E-state index in [-0.39, 0.29) is 22.7 Å². The highest BCUT2D eigenvalue weighted by atomic mass is 79.9. The van der Waals surface area contributed by atoms with Gasteiger partial charge in [-0.2, -0.15) is 5.26 Å². The van der Waals surface area contributed by atoms with Gasteiger partial charge in [-0.05, 0) is 55.0 Å². The van der Waals surface area contributed by atoms with Crippen LogP contribution in [0.2, 0.25) is 0 Å². The Balaban J connectivity index is 1.92. The minimum atomic E-state index is -0.843. The molecule has 3 rings (SSSR count). The number of amides is 1. The average Bonchev–Trinajstić information content (AvgIpc) is 2.80. The first-order chi connectivity index (χ1) is 15.8. The second kappa shape index (κ2) is 10.3. The topological polar surface area (TPSA) is 122 Å². The minimum Gasteiger partial charge on any atom is -0.422 e. The number of nitro benzene ring substituents is 1. The zero-order chi connectivity index (χ0) is 24.0. The summed E-state index contributed by atoms with van der Waals surface area (Å²) in [6.07, 6.45) is 1.24. The number of hydrogen-bond acceptors (Lipinski definition) is 6. The molecule has 0 aliphatic heterocycles. The first kappa shape index (κ1) is 23.4. The van der Waals surface area contributed by atoms with Gasteiger partial charge < -0.3 is 10.1 Å². The number of carbonyl (C=O) groups excluding carboxylic acids is 2. The molecule has 9 heteroatoms. The number of anilines is 1. The molecule has 0 bridgehead atoms. The Morgan fingerprint density at radius 2 is 1.85 bits per heavy atom. The van der Waals surface area contributed by atoms with Gasteiger partial charge in [-0.15, -0.1) is 0 Å². The van der Waals surface area contributed by atoms with Crippen molar-refractivity contribution in [2.45, 2.75) is 6.92 Å². The van der Waals surface area contributed by atoms with Gasteiger partial charge in [-0.3, -0.25) is 14.9 Å². The van der Waals surface area contributed by atoms with Crippen LogP contribution in [-0.4, -0.2) is 16.8 Å². The van der Waals surface area contributed by atoms with E-state index in [0.717, 1.165) is 0 Å². The van der Waals surface area contributed by atoms with Crippen LogP contribution >= 0.6 is 15.9 Å². The van der Waals surface area contributed by atoms with Gasteiger partial charge in [-0.25, -0.2) is 4.79 Å². The van der Waals surface area contributed by atoms with Crippen LogP contribution in [0.15, 0.2) is 76.8 Å². The standard InChI is InChI=1S/C24H16BrN3O5/c1-15-7-9-20(21(11-15)28(31)32)27-23(29)18(14-26)12-17-13-19(25)8-10-22(17)33-24(30)16-5-3-2-4-6-16/h2-13H,1H3,(H,27,29)/b18-12+. The van der Waals surface area contributed by atoms with Gasteiger partial charge in [0.1, 0.15) is 23.1 Å². The van der Waals surface area contributed by atoms with Gasteiger partial charge in [0.2, 0.25) is 0 Å². The van der Waals surface area contributed by atoms with Crippen molar-refractivity contribution in [3.8, 4) is 11.8 Å². The molecule has 0 atom stereocenters. The van der Waals surface area contributed by atoms with E-state index < -0.39 is 16.8 Å². The van der Waals surface area contributed by atoms with Crippen LogP contribution in [0, 0.1) is 28.4 Å². The molecule has 1 N–H and O–H groups in total. The predicted molar refractivity (Wildman–Crippen MR) is 126 cm³/mol. The number of benzene rings is 3. The summed E-state index contributed by atoms with van der Waals surface area (Å²) in [6, 6.07) is 19.2. The number of rotatable bonds is 6. The molecule has 0 saturated heterocycles. The molecule has 33 heavy (non-hydrogen) atoms. The molecule has 0 unspecified atom stereocenters. The highest BCUT2D eigenvalue weighted by Crippen LogP contribution is 2.28. The fourth-order valence-corrected chi connectivity index (χ4v) is 3.23. The average molecular weight is 506 g/mol. The maximum Gasteiger partial charge on any atom is 0.343 e. The van der Waals surface area contributed by atoms with E-state index in [1.807, 2.05) is 0 Å². The third kappa shape index (κ3) is 5.90. The van der Waals surface area contributed by atoms with Gasteiger partial charge in [-0.1, -0.05) is 40.2 Å². The monoisotopic (exact) mass is 505 g/mol. The molecule has 3 aromatic carbocycles. The second-order valence-electron chi connectivity index (χ2n) is 6.84. The normalized spacial score (nSPS) is 10.8. The number of nitrogens with one attached hydrogen (secondary N) is 1. The Morgan fingerprint density at radius 3 is 2.52 bits per heavy atom. The molecule has 0 aliphatic carbocycles. The van der Waals surface area contributed by atoms with Crippen LogP contribution in [0.3, 0.4) is 0 Å². The molecular weight excluding hydrogens is 490 g/mol. The summed E-state index contributed by atoms with van der Waals surface area (Å²) in [6.45, 7) is 1.69. The number of esters is 1. The predicted octanol–water partition coefficient (Wildman–Crippen LogP) is 5.43. The van der Waals surface area contributed by atoms with Crippen LogP contribution in [0.4, 0.5) is 11.4 Å². The Kier molecular flexibility index (Phi) is 7.33. The number of ether oxygens (including phenoxy) is 1.